The van der Waals surface area contributed by atoms with Crippen molar-refractivity contribution < 1.29 is 4.79 Å². The molecule has 0 aliphatic carbocycles. The molecule has 0 unspecified atom stereocenters. The van der Waals surface area contributed by atoms with Crippen molar-refractivity contribution in [2.45, 2.75) is 33.6 Å². The third-order valence-electron chi connectivity index (χ3n) is 3.54. The smallest absolute Gasteiger partial charge is 0.256 e. The van der Waals surface area contributed by atoms with Gasteiger partial charge >= 0.3 is 0 Å². The number of carbonyl (C=O) groups is 1. The topological polar surface area (TPSA) is 58.1 Å². The van der Waals surface area contributed by atoms with Gasteiger partial charge in [-0.05, 0) is 53.4 Å². The Labute approximate surface area is 151 Å². The summed E-state index contributed by atoms with van der Waals surface area (Å²) in [5, 5.41) is 3.15. The first-order valence-electron chi connectivity index (χ1n) is 8.19. The Hall–Kier alpha value is -1.95. The highest BCUT2D eigenvalue weighted by atomic mass is 79.9. The molecule has 0 bridgehead atoms. The lowest BCUT2D eigenvalue weighted by Crippen LogP contribution is -2.32. The van der Waals surface area contributed by atoms with Crippen LogP contribution < -0.4 is 5.32 Å². The summed E-state index contributed by atoms with van der Waals surface area (Å²) in [5.74, 6) is 0.454. The zero-order chi connectivity index (χ0) is 17.5. The Balaban J connectivity index is 2.10. The molecule has 1 aromatic heterocycles. The van der Waals surface area contributed by atoms with Gasteiger partial charge in [-0.15, -0.1) is 0 Å². The van der Waals surface area contributed by atoms with E-state index in [1.807, 2.05) is 30.0 Å². The molecule has 1 aromatic carbocycles. The molecule has 0 atom stereocenters. The quantitative estimate of drug-likeness (QED) is 0.752. The van der Waals surface area contributed by atoms with Crippen LogP contribution in [0.1, 0.15) is 42.6 Å². The van der Waals surface area contributed by atoms with Crippen molar-refractivity contribution in [2.75, 3.05) is 18.4 Å². The number of halogens is 1. The Bertz CT molecular complexity index is 682. The van der Waals surface area contributed by atoms with E-state index in [1.54, 1.807) is 12.4 Å². The molecule has 5 nitrogen and oxygen atoms in total. The summed E-state index contributed by atoms with van der Waals surface area (Å²) in [7, 11) is 0. The lowest BCUT2D eigenvalue weighted by atomic mass is 10.2. The van der Waals surface area contributed by atoms with Crippen molar-refractivity contribution in [2.24, 2.45) is 0 Å². The SMILES string of the molecule is CCCN(CCC)C(=O)c1cnc(Nc2ccc(C)cc2Br)nc1. The maximum absolute atomic E-state index is 12.5. The lowest BCUT2D eigenvalue weighted by molar-refractivity contribution is 0.0755. The molecule has 0 radical (unpaired) electrons. The van der Waals surface area contributed by atoms with E-state index < -0.39 is 0 Å². The van der Waals surface area contributed by atoms with Crippen LogP contribution in [0.2, 0.25) is 0 Å². The second-order valence-corrected chi connectivity index (χ2v) is 6.55. The number of aryl methyl sites for hydroxylation is 1. The van der Waals surface area contributed by atoms with Crippen LogP contribution in [0.15, 0.2) is 35.1 Å². The van der Waals surface area contributed by atoms with Crippen LogP contribution in [0.3, 0.4) is 0 Å². The number of rotatable bonds is 7. The van der Waals surface area contributed by atoms with Crippen LogP contribution >= 0.6 is 15.9 Å². The number of hydrogen-bond donors (Lipinski definition) is 1. The van der Waals surface area contributed by atoms with Gasteiger partial charge in [0.05, 0.1) is 11.3 Å². The number of benzene rings is 1. The molecule has 2 rings (SSSR count). The molecule has 0 aliphatic rings. The van der Waals surface area contributed by atoms with Gasteiger partial charge < -0.3 is 10.2 Å². The number of aromatic nitrogens is 2. The van der Waals surface area contributed by atoms with Crippen LogP contribution in [0.25, 0.3) is 0 Å². The molecule has 24 heavy (non-hydrogen) atoms. The van der Waals surface area contributed by atoms with E-state index in [0.717, 1.165) is 36.1 Å². The summed E-state index contributed by atoms with van der Waals surface area (Å²) in [4.78, 5) is 22.9. The molecule has 0 spiro atoms. The van der Waals surface area contributed by atoms with Gasteiger partial charge in [-0.1, -0.05) is 19.9 Å². The van der Waals surface area contributed by atoms with Crippen molar-refractivity contribution in [1.82, 2.24) is 14.9 Å². The Morgan fingerprint density at radius 1 is 1.17 bits per heavy atom. The van der Waals surface area contributed by atoms with Gasteiger partial charge in [0.15, 0.2) is 0 Å². The van der Waals surface area contributed by atoms with E-state index in [4.69, 9.17) is 0 Å². The molecule has 2 aromatic rings. The number of nitrogens with one attached hydrogen (secondary N) is 1. The van der Waals surface area contributed by atoms with Crippen molar-refractivity contribution in [3.05, 3.63) is 46.2 Å². The molecule has 0 fully saturated rings. The highest BCUT2D eigenvalue weighted by molar-refractivity contribution is 9.10. The van der Waals surface area contributed by atoms with Crippen LogP contribution in [-0.4, -0.2) is 33.9 Å². The van der Waals surface area contributed by atoms with Crippen molar-refractivity contribution in [1.29, 1.82) is 0 Å². The van der Waals surface area contributed by atoms with Gasteiger partial charge in [0.1, 0.15) is 0 Å². The number of hydrogen-bond acceptors (Lipinski definition) is 4. The lowest BCUT2D eigenvalue weighted by Gasteiger charge is -2.21. The van der Waals surface area contributed by atoms with Gasteiger partial charge in [-0.3, -0.25) is 4.79 Å². The molecule has 0 saturated carbocycles. The van der Waals surface area contributed by atoms with E-state index in [0.29, 0.717) is 11.5 Å². The first-order valence-corrected chi connectivity index (χ1v) is 8.99. The highest BCUT2D eigenvalue weighted by Gasteiger charge is 2.15. The minimum atomic E-state index is -0.0123. The number of carbonyl (C=O) groups excluding carboxylic acids is 1. The zero-order valence-electron chi connectivity index (χ0n) is 14.3. The summed E-state index contributed by atoms with van der Waals surface area (Å²) in [6.45, 7) is 7.67. The van der Waals surface area contributed by atoms with E-state index in [1.165, 1.54) is 5.56 Å². The van der Waals surface area contributed by atoms with Crippen molar-refractivity contribution >= 4 is 33.5 Å². The normalized spacial score (nSPS) is 10.5. The summed E-state index contributed by atoms with van der Waals surface area (Å²) >= 11 is 3.52. The third-order valence-corrected chi connectivity index (χ3v) is 4.20. The van der Waals surface area contributed by atoms with Crippen LogP contribution in [0, 0.1) is 6.92 Å². The molecular formula is C18H23BrN4O. The predicted molar refractivity (Wildman–Crippen MR) is 101 cm³/mol. The molecule has 1 amide bonds. The molecular weight excluding hydrogens is 368 g/mol. The highest BCUT2D eigenvalue weighted by Crippen LogP contribution is 2.25. The fourth-order valence-electron chi connectivity index (χ4n) is 2.38. The van der Waals surface area contributed by atoms with Gasteiger partial charge in [-0.2, -0.15) is 0 Å². The third kappa shape index (κ3) is 4.77. The fourth-order valence-corrected chi connectivity index (χ4v) is 2.97. The first kappa shape index (κ1) is 18.4. The van der Waals surface area contributed by atoms with Crippen LogP contribution in [-0.2, 0) is 0 Å². The molecule has 1 N–H and O–H groups in total. The molecule has 0 aliphatic heterocycles. The largest absolute Gasteiger partial charge is 0.339 e. The molecule has 6 heteroatoms. The van der Waals surface area contributed by atoms with E-state index in [9.17, 15) is 4.79 Å². The minimum Gasteiger partial charge on any atom is -0.339 e. The second-order valence-electron chi connectivity index (χ2n) is 5.70. The summed E-state index contributed by atoms with van der Waals surface area (Å²) < 4.78 is 0.948. The predicted octanol–water partition coefficient (Wildman–Crippen LogP) is 4.55. The van der Waals surface area contributed by atoms with Gasteiger partial charge in [-0.25, -0.2) is 9.97 Å². The van der Waals surface area contributed by atoms with Gasteiger partial charge in [0, 0.05) is 30.0 Å². The summed E-state index contributed by atoms with van der Waals surface area (Å²) in [5.41, 5.74) is 2.57. The number of nitrogens with zero attached hydrogens (tertiary/aromatic N) is 3. The zero-order valence-corrected chi connectivity index (χ0v) is 15.9. The average molecular weight is 391 g/mol. The standard InChI is InChI=1S/C18H23BrN4O/c1-4-8-23(9-5-2)17(24)14-11-20-18(21-12-14)22-16-7-6-13(3)10-15(16)19/h6-7,10-12H,4-5,8-9H2,1-3H3,(H,20,21,22). The van der Waals surface area contributed by atoms with Crippen LogP contribution in [0.5, 0.6) is 0 Å². The van der Waals surface area contributed by atoms with E-state index in [2.05, 4.69) is 45.1 Å². The van der Waals surface area contributed by atoms with Crippen LogP contribution in [0.4, 0.5) is 11.6 Å². The van der Waals surface area contributed by atoms with E-state index in [-0.39, 0.29) is 5.91 Å². The maximum Gasteiger partial charge on any atom is 0.256 e. The van der Waals surface area contributed by atoms with Gasteiger partial charge in [0.2, 0.25) is 5.95 Å². The number of anilines is 2. The first-order chi connectivity index (χ1) is 11.5. The Morgan fingerprint density at radius 2 is 1.79 bits per heavy atom. The maximum atomic E-state index is 12.5. The monoisotopic (exact) mass is 390 g/mol. The number of amides is 1. The van der Waals surface area contributed by atoms with Gasteiger partial charge in [0.25, 0.3) is 5.91 Å². The van der Waals surface area contributed by atoms with Crippen molar-refractivity contribution in [3.63, 3.8) is 0 Å². The van der Waals surface area contributed by atoms with Crippen molar-refractivity contribution in [3.8, 4) is 0 Å². The molecule has 1 heterocycles. The minimum absolute atomic E-state index is 0.0123. The average Bonchev–Trinajstić information content (AvgIpc) is 2.57. The molecule has 0 saturated heterocycles. The fraction of sp³-hybridized carbons (Fsp3) is 0.389. The second kappa shape index (κ2) is 8.78. The molecule has 128 valence electrons. The summed E-state index contributed by atoms with van der Waals surface area (Å²) in [6, 6.07) is 6.00. The summed E-state index contributed by atoms with van der Waals surface area (Å²) in [6.07, 6.45) is 5.04. The Kier molecular flexibility index (Phi) is 6.73. The van der Waals surface area contributed by atoms with E-state index >= 15 is 0 Å². The Morgan fingerprint density at radius 3 is 2.33 bits per heavy atom.